The smallest absolute Gasteiger partial charge is 0.322 e. The Balaban J connectivity index is 1.55. The molecule has 150 valence electrons. The predicted molar refractivity (Wildman–Crippen MR) is 110 cm³/mol. The number of methoxy groups -OCH3 is 1. The van der Waals surface area contributed by atoms with Gasteiger partial charge in [-0.05, 0) is 44.4 Å². The number of benzene rings is 2. The summed E-state index contributed by atoms with van der Waals surface area (Å²) >= 11 is 0. The molecule has 1 unspecified atom stereocenters. The number of rotatable bonds is 4. The van der Waals surface area contributed by atoms with Crippen molar-refractivity contribution in [3.63, 3.8) is 0 Å². The summed E-state index contributed by atoms with van der Waals surface area (Å²) in [6.07, 6.45) is 2.73. The number of hydrogen-bond donors (Lipinski definition) is 1. The SMILES string of the molecule is COc1ccccc1NC(=O)N1CCCCC1c1nc(-c2cccc(C)c2)no1. The van der Waals surface area contributed by atoms with Gasteiger partial charge in [-0.25, -0.2) is 4.79 Å². The molecule has 1 aliphatic heterocycles. The van der Waals surface area contributed by atoms with Crippen LogP contribution < -0.4 is 10.1 Å². The fourth-order valence-electron chi connectivity index (χ4n) is 3.64. The summed E-state index contributed by atoms with van der Waals surface area (Å²) in [4.78, 5) is 19.4. The number of aryl methyl sites for hydroxylation is 1. The molecule has 2 aromatic carbocycles. The van der Waals surface area contributed by atoms with E-state index in [4.69, 9.17) is 9.26 Å². The second-order valence-electron chi connectivity index (χ2n) is 7.16. The molecule has 1 aliphatic rings. The number of hydrogen-bond acceptors (Lipinski definition) is 5. The largest absolute Gasteiger partial charge is 0.495 e. The Morgan fingerprint density at radius 3 is 2.90 bits per heavy atom. The fraction of sp³-hybridized carbons (Fsp3) is 0.318. The molecule has 1 N–H and O–H groups in total. The van der Waals surface area contributed by atoms with Crippen molar-refractivity contribution >= 4 is 11.7 Å². The number of anilines is 1. The second kappa shape index (κ2) is 8.34. The number of nitrogens with zero attached hydrogens (tertiary/aromatic N) is 3. The van der Waals surface area contributed by atoms with Gasteiger partial charge in [0, 0.05) is 12.1 Å². The maximum atomic E-state index is 13.0. The van der Waals surface area contributed by atoms with Crippen LogP contribution in [0.25, 0.3) is 11.4 Å². The van der Waals surface area contributed by atoms with Gasteiger partial charge in [-0.15, -0.1) is 0 Å². The van der Waals surface area contributed by atoms with Crippen LogP contribution >= 0.6 is 0 Å². The molecule has 1 fully saturated rings. The molecule has 1 saturated heterocycles. The third kappa shape index (κ3) is 4.08. The Morgan fingerprint density at radius 2 is 2.07 bits per heavy atom. The summed E-state index contributed by atoms with van der Waals surface area (Å²) in [6, 6.07) is 14.9. The first-order chi connectivity index (χ1) is 14.2. The van der Waals surface area contributed by atoms with Crippen LogP contribution in [0, 0.1) is 6.92 Å². The van der Waals surface area contributed by atoms with E-state index in [9.17, 15) is 4.79 Å². The molecular formula is C22H24N4O3. The van der Waals surface area contributed by atoms with E-state index in [0.29, 0.717) is 29.7 Å². The lowest BCUT2D eigenvalue weighted by Gasteiger charge is -2.33. The number of aromatic nitrogens is 2. The molecule has 0 aliphatic carbocycles. The van der Waals surface area contributed by atoms with Gasteiger partial charge in [0.2, 0.25) is 11.7 Å². The predicted octanol–water partition coefficient (Wildman–Crippen LogP) is 4.81. The van der Waals surface area contributed by atoms with Crippen LogP contribution in [0.4, 0.5) is 10.5 Å². The van der Waals surface area contributed by atoms with E-state index >= 15 is 0 Å². The Morgan fingerprint density at radius 1 is 1.21 bits per heavy atom. The van der Waals surface area contributed by atoms with Crippen molar-refractivity contribution < 1.29 is 14.1 Å². The minimum Gasteiger partial charge on any atom is -0.495 e. The van der Waals surface area contributed by atoms with E-state index in [2.05, 4.69) is 15.5 Å². The van der Waals surface area contributed by atoms with Gasteiger partial charge in [0.25, 0.3) is 0 Å². The molecule has 4 rings (SSSR count). The number of para-hydroxylation sites is 2. The molecule has 2 heterocycles. The summed E-state index contributed by atoms with van der Waals surface area (Å²) in [5.41, 5.74) is 2.67. The van der Waals surface area contributed by atoms with Crippen molar-refractivity contribution in [2.75, 3.05) is 19.0 Å². The number of urea groups is 1. The Labute approximate surface area is 169 Å². The summed E-state index contributed by atoms with van der Waals surface area (Å²) in [5, 5.41) is 7.09. The van der Waals surface area contributed by atoms with E-state index in [1.165, 1.54) is 0 Å². The molecule has 29 heavy (non-hydrogen) atoms. The number of carbonyl (C=O) groups is 1. The van der Waals surface area contributed by atoms with E-state index in [-0.39, 0.29) is 12.1 Å². The van der Waals surface area contributed by atoms with E-state index < -0.39 is 0 Å². The molecule has 7 heteroatoms. The number of nitrogens with one attached hydrogen (secondary N) is 1. The lowest BCUT2D eigenvalue weighted by atomic mass is 10.0. The monoisotopic (exact) mass is 392 g/mol. The molecule has 1 aromatic heterocycles. The van der Waals surface area contributed by atoms with Crippen LogP contribution in [0.2, 0.25) is 0 Å². The van der Waals surface area contributed by atoms with Gasteiger partial charge >= 0.3 is 6.03 Å². The molecule has 7 nitrogen and oxygen atoms in total. The number of amides is 2. The molecule has 3 aromatic rings. The zero-order valence-corrected chi connectivity index (χ0v) is 16.6. The lowest BCUT2D eigenvalue weighted by molar-refractivity contribution is 0.142. The highest BCUT2D eigenvalue weighted by Gasteiger charge is 2.32. The molecule has 2 amide bonds. The third-order valence-electron chi connectivity index (χ3n) is 5.12. The molecular weight excluding hydrogens is 368 g/mol. The molecule has 1 atom stereocenters. The van der Waals surface area contributed by atoms with Crippen LogP contribution in [0.15, 0.2) is 53.1 Å². The van der Waals surface area contributed by atoms with Crippen molar-refractivity contribution in [1.29, 1.82) is 0 Å². The zero-order chi connectivity index (χ0) is 20.2. The zero-order valence-electron chi connectivity index (χ0n) is 16.6. The topological polar surface area (TPSA) is 80.5 Å². The quantitative estimate of drug-likeness (QED) is 0.689. The Bertz CT molecular complexity index is 1000. The first-order valence-electron chi connectivity index (χ1n) is 9.77. The number of likely N-dealkylation sites (tertiary alicyclic amines) is 1. The van der Waals surface area contributed by atoms with Crippen molar-refractivity contribution in [2.24, 2.45) is 0 Å². The normalized spacial score (nSPS) is 16.5. The van der Waals surface area contributed by atoms with Crippen LogP contribution in [0.1, 0.15) is 36.8 Å². The minimum atomic E-state index is -0.246. The molecule has 0 bridgehead atoms. The molecule has 0 radical (unpaired) electrons. The van der Waals surface area contributed by atoms with Crippen molar-refractivity contribution in [3.05, 3.63) is 60.0 Å². The average Bonchev–Trinajstić information content (AvgIpc) is 3.24. The molecule has 0 saturated carbocycles. The van der Waals surface area contributed by atoms with Gasteiger partial charge in [-0.1, -0.05) is 41.1 Å². The van der Waals surface area contributed by atoms with Gasteiger partial charge in [0.15, 0.2) is 0 Å². The second-order valence-corrected chi connectivity index (χ2v) is 7.16. The highest BCUT2D eigenvalue weighted by molar-refractivity contribution is 5.91. The van der Waals surface area contributed by atoms with Gasteiger partial charge in [-0.2, -0.15) is 4.98 Å². The lowest BCUT2D eigenvalue weighted by Crippen LogP contribution is -2.41. The van der Waals surface area contributed by atoms with Gasteiger partial charge in [0.1, 0.15) is 11.8 Å². The third-order valence-corrected chi connectivity index (χ3v) is 5.12. The van der Waals surface area contributed by atoms with Gasteiger partial charge in [0.05, 0.1) is 12.8 Å². The average molecular weight is 392 g/mol. The van der Waals surface area contributed by atoms with Crippen LogP contribution in [0.5, 0.6) is 5.75 Å². The molecule has 0 spiro atoms. The van der Waals surface area contributed by atoms with Gasteiger partial charge in [-0.3, -0.25) is 0 Å². The van der Waals surface area contributed by atoms with E-state index in [0.717, 1.165) is 30.4 Å². The maximum absolute atomic E-state index is 13.0. The van der Waals surface area contributed by atoms with Crippen LogP contribution in [-0.4, -0.2) is 34.7 Å². The van der Waals surface area contributed by atoms with Crippen molar-refractivity contribution in [3.8, 4) is 17.1 Å². The first-order valence-corrected chi connectivity index (χ1v) is 9.77. The fourth-order valence-corrected chi connectivity index (χ4v) is 3.64. The number of ether oxygens (including phenoxy) is 1. The van der Waals surface area contributed by atoms with Crippen LogP contribution in [0.3, 0.4) is 0 Å². The highest BCUT2D eigenvalue weighted by Crippen LogP contribution is 2.32. The standard InChI is InChI=1S/C22H24N4O3/c1-15-8-7-9-16(14-15)20-24-21(29-25-20)18-11-5-6-13-26(18)22(27)23-17-10-3-4-12-19(17)28-2/h3-4,7-10,12,14,18H,5-6,11,13H2,1-2H3,(H,23,27). The number of carbonyl (C=O) groups excluding carboxylic acids is 1. The summed E-state index contributed by atoms with van der Waals surface area (Å²) in [6.45, 7) is 2.66. The summed E-state index contributed by atoms with van der Waals surface area (Å²) in [5.74, 6) is 1.63. The minimum absolute atomic E-state index is 0.200. The maximum Gasteiger partial charge on any atom is 0.322 e. The van der Waals surface area contributed by atoms with Crippen molar-refractivity contribution in [2.45, 2.75) is 32.2 Å². The van der Waals surface area contributed by atoms with Crippen molar-refractivity contribution in [1.82, 2.24) is 15.0 Å². The van der Waals surface area contributed by atoms with Gasteiger partial charge < -0.3 is 19.5 Å². The first kappa shape index (κ1) is 19.0. The number of piperidine rings is 1. The summed E-state index contributed by atoms with van der Waals surface area (Å²) in [7, 11) is 1.58. The van der Waals surface area contributed by atoms with E-state index in [1.54, 1.807) is 12.0 Å². The Hall–Kier alpha value is -3.35. The highest BCUT2D eigenvalue weighted by atomic mass is 16.5. The van der Waals surface area contributed by atoms with E-state index in [1.807, 2.05) is 55.5 Å². The summed E-state index contributed by atoms with van der Waals surface area (Å²) < 4.78 is 10.9. The van der Waals surface area contributed by atoms with Crippen LogP contribution in [-0.2, 0) is 0 Å². The Kier molecular flexibility index (Phi) is 5.46.